The second-order valence-electron chi connectivity index (χ2n) is 8.56. The van der Waals surface area contributed by atoms with E-state index in [0.717, 1.165) is 18.2 Å². The number of hydrogen-bond acceptors (Lipinski definition) is 6. The minimum absolute atomic E-state index is 0.0413. The van der Waals surface area contributed by atoms with Gasteiger partial charge in [0.2, 0.25) is 5.88 Å². The quantitative estimate of drug-likeness (QED) is 0.422. The third-order valence-corrected chi connectivity index (χ3v) is 6.10. The lowest BCUT2D eigenvalue weighted by atomic mass is 9.99. The molecule has 0 unspecified atom stereocenters. The average Bonchev–Trinajstić information content (AvgIpc) is 3.44. The van der Waals surface area contributed by atoms with Gasteiger partial charge in [-0.25, -0.2) is 19.5 Å². The lowest BCUT2D eigenvalue weighted by Gasteiger charge is -2.34. The molecule has 1 atom stereocenters. The van der Waals surface area contributed by atoms with E-state index < -0.39 is 17.4 Å². The van der Waals surface area contributed by atoms with Gasteiger partial charge in [0.1, 0.15) is 6.61 Å². The molecule has 8 nitrogen and oxygen atoms in total. The van der Waals surface area contributed by atoms with Crippen LogP contribution < -0.4 is 4.74 Å². The Balaban J connectivity index is 1.43. The third kappa shape index (κ3) is 4.29. The molecule has 1 fully saturated rings. The summed E-state index contributed by atoms with van der Waals surface area (Å²) in [7, 11) is 0. The van der Waals surface area contributed by atoms with Crippen LogP contribution in [-0.4, -0.2) is 54.1 Å². The average molecular weight is 482 g/mol. The molecule has 11 heteroatoms. The lowest BCUT2D eigenvalue weighted by Crippen LogP contribution is -2.49. The number of rotatable bonds is 5. The van der Waals surface area contributed by atoms with Crippen LogP contribution in [0.4, 0.5) is 13.2 Å². The van der Waals surface area contributed by atoms with Gasteiger partial charge in [-0.2, -0.15) is 18.3 Å². The second kappa shape index (κ2) is 8.64. The Kier molecular flexibility index (Phi) is 5.62. The molecule has 180 valence electrons. The third-order valence-electron chi connectivity index (χ3n) is 6.10. The molecule has 0 N–H and O–H groups in total. The number of amides is 1. The molecule has 1 saturated heterocycles. The van der Waals surface area contributed by atoms with Crippen LogP contribution in [0.25, 0.3) is 16.8 Å². The summed E-state index contributed by atoms with van der Waals surface area (Å²) in [5, 5.41) is 4.54. The van der Waals surface area contributed by atoms with Gasteiger partial charge < -0.3 is 9.64 Å². The molecule has 0 spiro atoms. The number of alkyl halides is 3. The van der Waals surface area contributed by atoms with Gasteiger partial charge in [-0.1, -0.05) is 30.3 Å². The van der Waals surface area contributed by atoms with Gasteiger partial charge in [-0.3, -0.25) is 4.79 Å². The van der Waals surface area contributed by atoms with Crippen molar-refractivity contribution in [2.45, 2.75) is 31.5 Å². The molecule has 1 aromatic carbocycles. The largest absolute Gasteiger partial charge is 0.474 e. The normalized spacial score (nSPS) is 18.2. The van der Waals surface area contributed by atoms with Crippen LogP contribution in [0.1, 0.15) is 35.9 Å². The number of ether oxygens (including phenoxy) is 1. The zero-order chi connectivity index (χ0) is 24.6. The first-order valence-corrected chi connectivity index (χ1v) is 11.0. The minimum Gasteiger partial charge on any atom is -0.474 e. The van der Waals surface area contributed by atoms with Crippen LogP contribution in [0.5, 0.6) is 5.88 Å². The van der Waals surface area contributed by atoms with Crippen molar-refractivity contribution in [3.63, 3.8) is 0 Å². The van der Waals surface area contributed by atoms with Crippen LogP contribution in [0.15, 0.2) is 61.2 Å². The smallest absolute Gasteiger partial charge is 0.434 e. The Morgan fingerprint density at radius 1 is 1.11 bits per heavy atom. The minimum atomic E-state index is -4.58. The fraction of sp³-hybridized carbons (Fsp3) is 0.292. The Morgan fingerprint density at radius 2 is 1.91 bits per heavy atom. The van der Waals surface area contributed by atoms with Crippen LogP contribution in [0, 0.1) is 0 Å². The number of carbonyl (C=O) groups excluding carboxylic acids is 1. The number of fused-ring (bicyclic) bond motifs is 1. The van der Waals surface area contributed by atoms with Crippen molar-refractivity contribution in [1.82, 2.24) is 29.5 Å². The van der Waals surface area contributed by atoms with Crippen molar-refractivity contribution in [3.05, 3.63) is 72.6 Å². The van der Waals surface area contributed by atoms with Crippen molar-refractivity contribution in [3.8, 4) is 17.0 Å². The summed E-state index contributed by atoms with van der Waals surface area (Å²) in [6.45, 7) is 2.42. The van der Waals surface area contributed by atoms with Crippen LogP contribution in [0.2, 0.25) is 0 Å². The molecule has 35 heavy (non-hydrogen) atoms. The molecule has 1 aliphatic rings. The molecule has 0 aliphatic carbocycles. The molecule has 4 heterocycles. The van der Waals surface area contributed by atoms with E-state index in [2.05, 4.69) is 20.1 Å². The zero-order valence-corrected chi connectivity index (χ0v) is 18.7. The molecular weight excluding hydrogens is 461 g/mol. The predicted molar refractivity (Wildman–Crippen MR) is 120 cm³/mol. The molecule has 0 saturated carbocycles. The maximum absolute atomic E-state index is 13.8. The summed E-state index contributed by atoms with van der Waals surface area (Å²) in [4.78, 5) is 27.0. The maximum atomic E-state index is 13.8. The molecule has 3 aromatic heterocycles. The standard InChI is InChI=1S/C24H21F3N6O2/c1-23(15-35-18-14-29-17(13-30-18)24(25,26)27)9-5-11-32(23)22(34)20-19(16-7-3-2-4-8-16)21-28-10-6-12-33(21)31-20/h2-4,6-8,10,12-14H,5,9,11,15H2,1H3/t23-/m0/s1. The highest BCUT2D eigenvalue weighted by Crippen LogP contribution is 2.35. The number of likely N-dealkylation sites (tertiary alicyclic amines) is 1. The Hall–Kier alpha value is -4.02. The molecule has 0 radical (unpaired) electrons. The van der Waals surface area contributed by atoms with Gasteiger partial charge in [0, 0.05) is 18.9 Å². The second-order valence-corrected chi connectivity index (χ2v) is 8.56. The SMILES string of the molecule is C[C@@]1(COc2cnc(C(F)(F)F)cn2)CCCN1C(=O)c1nn2cccnc2c1-c1ccccc1. The number of nitrogens with zero attached hydrogens (tertiary/aromatic N) is 6. The van der Waals surface area contributed by atoms with Gasteiger partial charge >= 0.3 is 6.18 Å². The van der Waals surface area contributed by atoms with Crippen LogP contribution in [0.3, 0.4) is 0 Å². The van der Waals surface area contributed by atoms with E-state index in [1.165, 1.54) is 0 Å². The Morgan fingerprint density at radius 3 is 2.63 bits per heavy atom. The van der Waals surface area contributed by atoms with Crippen molar-refractivity contribution >= 4 is 11.6 Å². The lowest BCUT2D eigenvalue weighted by molar-refractivity contribution is -0.141. The first kappa shape index (κ1) is 22.8. The summed E-state index contributed by atoms with van der Waals surface area (Å²) in [5.41, 5.74) is 0.500. The maximum Gasteiger partial charge on any atom is 0.434 e. The van der Waals surface area contributed by atoms with Gasteiger partial charge in [0.05, 0.1) is 23.5 Å². The number of carbonyl (C=O) groups is 1. The first-order chi connectivity index (χ1) is 16.8. The predicted octanol–water partition coefficient (Wildman–Crippen LogP) is 4.28. The monoisotopic (exact) mass is 482 g/mol. The highest BCUT2D eigenvalue weighted by Gasteiger charge is 2.42. The van der Waals surface area contributed by atoms with Crippen LogP contribution in [-0.2, 0) is 6.18 Å². The van der Waals surface area contributed by atoms with E-state index in [0.29, 0.717) is 30.4 Å². The first-order valence-electron chi connectivity index (χ1n) is 11.0. The highest BCUT2D eigenvalue weighted by molar-refractivity contribution is 6.03. The summed E-state index contributed by atoms with van der Waals surface area (Å²) in [6, 6.07) is 11.2. The fourth-order valence-electron chi connectivity index (χ4n) is 4.32. The number of aromatic nitrogens is 5. The van der Waals surface area contributed by atoms with Gasteiger partial charge in [0.25, 0.3) is 5.91 Å². The molecule has 5 rings (SSSR count). The van der Waals surface area contributed by atoms with E-state index in [-0.39, 0.29) is 24.1 Å². The molecule has 1 amide bonds. The van der Waals surface area contributed by atoms with Gasteiger partial charge in [-0.15, -0.1) is 0 Å². The summed E-state index contributed by atoms with van der Waals surface area (Å²) in [6.07, 6.45) is 1.78. The van der Waals surface area contributed by atoms with Crippen LogP contribution >= 0.6 is 0 Å². The fourth-order valence-corrected chi connectivity index (χ4v) is 4.32. The molecule has 1 aliphatic heterocycles. The van der Waals surface area contributed by atoms with Gasteiger partial charge in [0.15, 0.2) is 17.0 Å². The van der Waals surface area contributed by atoms with Crippen molar-refractivity contribution in [2.75, 3.05) is 13.2 Å². The van der Waals surface area contributed by atoms with E-state index in [9.17, 15) is 18.0 Å². The van der Waals surface area contributed by atoms with E-state index in [1.807, 2.05) is 37.3 Å². The molecular formula is C24H21F3N6O2. The Bertz CT molecular complexity index is 1360. The number of benzene rings is 1. The molecule has 0 bridgehead atoms. The summed E-state index contributed by atoms with van der Waals surface area (Å²) in [5.74, 6) is -0.308. The summed E-state index contributed by atoms with van der Waals surface area (Å²) < 4.78 is 45.5. The summed E-state index contributed by atoms with van der Waals surface area (Å²) >= 11 is 0. The van der Waals surface area contributed by atoms with E-state index in [4.69, 9.17) is 4.74 Å². The van der Waals surface area contributed by atoms with Crippen molar-refractivity contribution in [1.29, 1.82) is 0 Å². The van der Waals surface area contributed by atoms with Crippen molar-refractivity contribution < 1.29 is 22.7 Å². The Labute approximate surface area is 198 Å². The zero-order valence-electron chi connectivity index (χ0n) is 18.7. The van der Waals surface area contributed by atoms with Gasteiger partial charge in [-0.05, 0) is 31.4 Å². The van der Waals surface area contributed by atoms with E-state index in [1.54, 1.807) is 27.9 Å². The highest BCUT2D eigenvalue weighted by atomic mass is 19.4. The number of halogens is 3. The topological polar surface area (TPSA) is 85.5 Å². The van der Waals surface area contributed by atoms with E-state index >= 15 is 0 Å². The number of hydrogen-bond donors (Lipinski definition) is 0. The van der Waals surface area contributed by atoms with Crippen molar-refractivity contribution in [2.24, 2.45) is 0 Å². The molecule has 4 aromatic rings.